The van der Waals surface area contributed by atoms with Crippen molar-refractivity contribution in [2.24, 2.45) is 0 Å². The Morgan fingerprint density at radius 1 is 1.41 bits per heavy atom. The zero-order valence-electron chi connectivity index (χ0n) is 11.0. The molecule has 2 rings (SSSR count). The van der Waals surface area contributed by atoms with Crippen molar-refractivity contribution in [3.05, 3.63) is 24.5 Å². The van der Waals surface area contributed by atoms with Gasteiger partial charge in [0.15, 0.2) is 5.82 Å². The molecule has 1 amide bonds. The lowest BCUT2D eigenvalue weighted by atomic mass is 10.3. The Hall–Kier alpha value is -2.30. The maximum Gasteiger partial charge on any atom is 0.405 e. The van der Waals surface area contributed by atoms with Gasteiger partial charge < -0.3 is 11.2 Å². The van der Waals surface area contributed by atoms with E-state index < -0.39 is 18.6 Å². The summed E-state index contributed by atoms with van der Waals surface area (Å²) in [6, 6.07) is 3.42. The summed E-state index contributed by atoms with van der Waals surface area (Å²) in [5, 5.41) is 9.63. The number of rotatable bonds is 5. The van der Waals surface area contributed by atoms with E-state index in [2.05, 4.69) is 15.2 Å². The first kappa shape index (κ1) is 16.1. The first-order chi connectivity index (χ1) is 10.4. The van der Waals surface area contributed by atoms with Crippen LogP contribution in [0.2, 0.25) is 0 Å². The number of carbonyl (C=O) groups is 1. The molecule has 7 nitrogen and oxygen atoms in total. The quantitative estimate of drug-likeness (QED) is 0.621. The first-order valence-electron chi connectivity index (χ1n) is 5.94. The van der Waals surface area contributed by atoms with Gasteiger partial charge in [0.05, 0.1) is 5.75 Å². The smallest absolute Gasteiger partial charge is 0.346 e. The first-order valence-corrected chi connectivity index (χ1v) is 6.92. The summed E-state index contributed by atoms with van der Waals surface area (Å²) in [5.41, 5.74) is 0.630. The fourth-order valence-electron chi connectivity index (χ4n) is 1.45. The van der Waals surface area contributed by atoms with Gasteiger partial charge in [-0.3, -0.25) is 9.78 Å². The zero-order chi connectivity index (χ0) is 16.2. The van der Waals surface area contributed by atoms with E-state index in [1.54, 1.807) is 23.6 Å². The van der Waals surface area contributed by atoms with E-state index in [9.17, 15) is 18.0 Å². The van der Waals surface area contributed by atoms with Crippen LogP contribution in [-0.2, 0) is 4.79 Å². The molecule has 0 aliphatic rings. The molecule has 118 valence electrons. The van der Waals surface area contributed by atoms with Crippen LogP contribution < -0.4 is 11.2 Å². The molecule has 0 saturated carbocycles. The second-order valence-corrected chi connectivity index (χ2v) is 5.04. The Morgan fingerprint density at radius 2 is 2.18 bits per heavy atom. The van der Waals surface area contributed by atoms with Crippen LogP contribution in [-0.4, -0.2) is 44.2 Å². The number of hydrogen-bond acceptors (Lipinski definition) is 6. The number of amides is 1. The van der Waals surface area contributed by atoms with Crippen molar-refractivity contribution in [1.29, 1.82) is 0 Å². The second-order valence-electron chi connectivity index (χ2n) is 4.10. The van der Waals surface area contributed by atoms with E-state index in [0.29, 0.717) is 11.4 Å². The third-order valence-corrected chi connectivity index (χ3v) is 3.35. The van der Waals surface area contributed by atoms with E-state index in [-0.39, 0.29) is 10.9 Å². The molecule has 2 aromatic rings. The molecule has 0 atom stereocenters. The van der Waals surface area contributed by atoms with Crippen LogP contribution >= 0.6 is 11.8 Å². The molecule has 0 aliphatic carbocycles. The molecule has 11 heteroatoms. The molecule has 0 unspecified atom stereocenters. The van der Waals surface area contributed by atoms with Crippen LogP contribution in [0.5, 0.6) is 0 Å². The van der Waals surface area contributed by atoms with Gasteiger partial charge in [-0.15, -0.1) is 10.2 Å². The molecule has 2 aromatic heterocycles. The Kier molecular flexibility index (Phi) is 4.85. The molecule has 2 heterocycles. The average molecular weight is 332 g/mol. The minimum atomic E-state index is -4.44. The van der Waals surface area contributed by atoms with E-state index in [4.69, 9.17) is 5.84 Å². The number of pyridine rings is 1. The average Bonchev–Trinajstić information content (AvgIpc) is 2.84. The lowest BCUT2D eigenvalue weighted by Gasteiger charge is -2.07. The predicted molar refractivity (Wildman–Crippen MR) is 73.2 cm³/mol. The molecule has 0 radical (unpaired) electrons. The summed E-state index contributed by atoms with van der Waals surface area (Å²) >= 11 is 0.886. The van der Waals surface area contributed by atoms with E-state index in [1.165, 1.54) is 6.20 Å². The summed E-state index contributed by atoms with van der Waals surface area (Å²) in [7, 11) is 0. The minimum Gasteiger partial charge on any atom is -0.346 e. The van der Waals surface area contributed by atoms with Crippen LogP contribution in [0, 0.1) is 0 Å². The van der Waals surface area contributed by atoms with Crippen molar-refractivity contribution in [1.82, 2.24) is 25.2 Å². The number of carbonyl (C=O) groups excluding carboxylic acids is 1. The SMILES string of the molecule is Nn1c(SCC(=O)NCC(F)(F)F)nnc1-c1cccnc1. The number of nitrogens with one attached hydrogen (secondary N) is 1. The summed E-state index contributed by atoms with van der Waals surface area (Å²) in [6.45, 7) is -1.37. The lowest BCUT2D eigenvalue weighted by Crippen LogP contribution is -2.34. The van der Waals surface area contributed by atoms with Crippen molar-refractivity contribution in [3.8, 4) is 11.4 Å². The van der Waals surface area contributed by atoms with Gasteiger partial charge in [-0.25, -0.2) is 4.68 Å². The van der Waals surface area contributed by atoms with Crippen molar-refractivity contribution in [3.63, 3.8) is 0 Å². The number of nitrogens with two attached hydrogens (primary N) is 1. The third kappa shape index (κ3) is 4.35. The second kappa shape index (κ2) is 6.64. The van der Waals surface area contributed by atoms with E-state index >= 15 is 0 Å². The maximum absolute atomic E-state index is 12.0. The topological polar surface area (TPSA) is 98.7 Å². The highest BCUT2D eigenvalue weighted by atomic mass is 32.2. The summed E-state index contributed by atoms with van der Waals surface area (Å²) in [5.74, 6) is 5.11. The molecular formula is C11H11F3N6OS. The minimum absolute atomic E-state index is 0.209. The maximum atomic E-state index is 12.0. The highest BCUT2D eigenvalue weighted by Gasteiger charge is 2.27. The molecule has 0 spiro atoms. The number of aromatic nitrogens is 4. The molecule has 0 fully saturated rings. The molecule has 3 N–H and O–H groups in total. The fraction of sp³-hybridized carbons (Fsp3) is 0.273. The van der Waals surface area contributed by atoms with Crippen LogP contribution in [0.15, 0.2) is 29.7 Å². The molecular weight excluding hydrogens is 321 g/mol. The van der Waals surface area contributed by atoms with Gasteiger partial charge in [0.25, 0.3) is 0 Å². The monoisotopic (exact) mass is 332 g/mol. The molecule has 0 saturated heterocycles. The van der Waals surface area contributed by atoms with Gasteiger partial charge in [-0.1, -0.05) is 11.8 Å². The Balaban J connectivity index is 1.95. The lowest BCUT2D eigenvalue weighted by molar-refractivity contribution is -0.136. The van der Waals surface area contributed by atoms with Crippen LogP contribution in [0.4, 0.5) is 13.2 Å². The predicted octanol–water partition coefficient (Wildman–Crippen LogP) is 0.825. The molecule has 22 heavy (non-hydrogen) atoms. The van der Waals surface area contributed by atoms with Gasteiger partial charge in [-0.2, -0.15) is 13.2 Å². The highest BCUT2D eigenvalue weighted by Crippen LogP contribution is 2.20. The van der Waals surface area contributed by atoms with Crippen molar-refractivity contribution in [2.75, 3.05) is 18.1 Å². The van der Waals surface area contributed by atoms with Crippen LogP contribution in [0.1, 0.15) is 0 Å². The summed E-state index contributed by atoms with van der Waals surface area (Å²) < 4.78 is 37.0. The van der Waals surface area contributed by atoms with Gasteiger partial charge in [0.2, 0.25) is 11.1 Å². The molecule has 0 aliphatic heterocycles. The Bertz CT molecular complexity index is 645. The molecule has 0 bridgehead atoms. The number of nitrogen functional groups attached to an aromatic ring is 1. The van der Waals surface area contributed by atoms with Crippen LogP contribution in [0.3, 0.4) is 0 Å². The third-order valence-electron chi connectivity index (χ3n) is 2.40. The van der Waals surface area contributed by atoms with Gasteiger partial charge in [-0.05, 0) is 12.1 Å². The number of halogens is 3. The van der Waals surface area contributed by atoms with Gasteiger partial charge in [0, 0.05) is 18.0 Å². The summed E-state index contributed by atoms with van der Waals surface area (Å²) in [4.78, 5) is 15.2. The number of hydrogen-bond donors (Lipinski definition) is 2. The Labute approximate surface area is 127 Å². The van der Waals surface area contributed by atoms with E-state index in [1.807, 2.05) is 0 Å². The highest BCUT2D eigenvalue weighted by molar-refractivity contribution is 7.99. The summed E-state index contributed by atoms with van der Waals surface area (Å²) in [6.07, 6.45) is -1.32. The van der Waals surface area contributed by atoms with Crippen molar-refractivity contribution in [2.45, 2.75) is 11.3 Å². The normalized spacial score (nSPS) is 11.4. The number of nitrogens with zero attached hydrogens (tertiary/aromatic N) is 4. The standard InChI is InChI=1S/C11H11F3N6OS/c12-11(13,14)6-17-8(21)5-22-10-19-18-9(20(10)15)7-2-1-3-16-4-7/h1-4H,5-6,15H2,(H,17,21). The van der Waals surface area contributed by atoms with Gasteiger partial charge >= 0.3 is 6.18 Å². The fourth-order valence-corrected chi connectivity index (χ4v) is 2.13. The van der Waals surface area contributed by atoms with Crippen LogP contribution in [0.25, 0.3) is 11.4 Å². The molecule has 0 aromatic carbocycles. The largest absolute Gasteiger partial charge is 0.405 e. The van der Waals surface area contributed by atoms with Crippen molar-refractivity contribution < 1.29 is 18.0 Å². The van der Waals surface area contributed by atoms with Gasteiger partial charge in [0.1, 0.15) is 6.54 Å². The van der Waals surface area contributed by atoms with Crippen molar-refractivity contribution >= 4 is 17.7 Å². The van der Waals surface area contributed by atoms with E-state index in [0.717, 1.165) is 16.4 Å². The Morgan fingerprint density at radius 3 is 2.82 bits per heavy atom. The zero-order valence-corrected chi connectivity index (χ0v) is 11.9. The number of alkyl halides is 3. The number of thioether (sulfide) groups is 1.